The van der Waals surface area contributed by atoms with Crippen LogP contribution in [-0.4, -0.2) is 35.1 Å². The van der Waals surface area contributed by atoms with Crippen molar-refractivity contribution in [3.8, 4) is 0 Å². The van der Waals surface area contributed by atoms with E-state index in [4.69, 9.17) is 10.6 Å². The monoisotopic (exact) mass is 279 g/mol. The van der Waals surface area contributed by atoms with Crippen LogP contribution >= 0.6 is 11.3 Å². The van der Waals surface area contributed by atoms with Crippen molar-refractivity contribution in [2.24, 2.45) is 5.73 Å². The topological polar surface area (TPSA) is 75.9 Å². The molecule has 0 aromatic carbocycles. The zero-order valence-corrected chi connectivity index (χ0v) is 10.9. The molecule has 2 atom stereocenters. The molecule has 19 heavy (non-hydrogen) atoms. The van der Waals surface area contributed by atoms with Gasteiger partial charge in [-0.1, -0.05) is 6.08 Å². The van der Waals surface area contributed by atoms with Gasteiger partial charge in [0.15, 0.2) is 0 Å². The lowest BCUT2D eigenvalue weighted by Gasteiger charge is -2.28. The minimum atomic E-state index is -0.684. The number of nitrogens with zero attached hydrogens (tertiary/aromatic N) is 2. The van der Waals surface area contributed by atoms with Gasteiger partial charge in [-0.15, -0.1) is 17.9 Å². The number of thiophene rings is 1. The van der Waals surface area contributed by atoms with Gasteiger partial charge in [0.2, 0.25) is 5.91 Å². The molecule has 0 spiro atoms. The fraction of sp³-hybridized carbons (Fsp3) is 0.333. The Balaban J connectivity index is 2.02. The molecule has 7 heteroatoms. The molecule has 2 unspecified atom stereocenters. The number of hydroxylamine groups is 2. The van der Waals surface area contributed by atoms with Crippen LogP contribution in [0.4, 0.5) is 4.79 Å². The predicted molar refractivity (Wildman–Crippen MR) is 69.1 cm³/mol. The maximum absolute atomic E-state index is 12.3. The highest BCUT2D eigenvalue weighted by molar-refractivity contribution is 7.10. The highest BCUT2D eigenvalue weighted by Crippen LogP contribution is 2.45. The highest BCUT2D eigenvalue weighted by Gasteiger charge is 2.50. The molecule has 0 saturated carbocycles. The molecule has 1 fully saturated rings. The molecule has 3 rings (SSSR count). The zero-order valence-electron chi connectivity index (χ0n) is 10.1. The molecule has 100 valence electrons. The number of amides is 3. The van der Waals surface area contributed by atoms with Crippen LogP contribution in [0.3, 0.4) is 0 Å². The molecule has 6 nitrogen and oxygen atoms in total. The van der Waals surface area contributed by atoms with Gasteiger partial charge in [-0.3, -0.25) is 9.63 Å². The first-order valence-corrected chi connectivity index (χ1v) is 6.73. The van der Waals surface area contributed by atoms with Gasteiger partial charge in [-0.25, -0.2) is 4.79 Å². The third-order valence-corrected chi connectivity index (χ3v) is 4.32. The summed E-state index contributed by atoms with van der Waals surface area (Å²) < 4.78 is 0. The van der Waals surface area contributed by atoms with Crippen molar-refractivity contribution < 1.29 is 14.4 Å². The maximum atomic E-state index is 12.3. The fourth-order valence-corrected chi connectivity index (χ4v) is 3.64. The van der Waals surface area contributed by atoms with Gasteiger partial charge in [0.05, 0.1) is 13.2 Å². The summed E-state index contributed by atoms with van der Waals surface area (Å²) in [5.41, 5.74) is 6.38. The molecule has 1 saturated heterocycles. The minimum absolute atomic E-state index is 0.177. The first kappa shape index (κ1) is 12.2. The van der Waals surface area contributed by atoms with Crippen LogP contribution in [-0.2, 0) is 9.63 Å². The number of fused-ring (bicyclic) bond motifs is 4. The Bertz CT molecular complexity index is 556. The molecule has 2 aliphatic heterocycles. The zero-order chi connectivity index (χ0) is 13.6. The molecule has 0 aliphatic carbocycles. The Morgan fingerprint density at radius 2 is 2.47 bits per heavy atom. The molecule has 0 radical (unpaired) electrons. The largest absolute Gasteiger partial charge is 0.368 e. The summed E-state index contributed by atoms with van der Waals surface area (Å²) in [7, 11) is 0. The number of hydrogen-bond acceptors (Lipinski definition) is 4. The third-order valence-electron chi connectivity index (χ3n) is 3.33. The van der Waals surface area contributed by atoms with Crippen molar-refractivity contribution in [2.45, 2.75) is 12.1 Å². The van der Waals surface area contributed by atoms with Crippen LogP contribution in [0.1, 0.15) is 22.5 Å². The number of rotatable bonds is 4. The average Bonchev–Trinajstić information content (AvgIpc) is 2.94. The smallest absolute Gasteiger partial charge is 0.345 e. The number of carbonyl (C=O) groups is 2. The lowest BCUT2D eigenvalue weighted by atomic mass is 9.99. The van der Waals surface area contributed by atoms with Crippen molar-refractivity contribution in [1.82, 2.24) is 9.96 Å². The number of nitrogens with two attached hydrogens (primary N) is 1. The van der Waals surface area contributed by atoms with Gasteiger partial charge in [0.25, 0.3) is 0 Å². The van der Waals surface area contributed by atoms with Gasteiger partial charge in [-0.05, 0) is 17.0 Å². The van der Waals surface area contributed by atoms with E-state index in [9.17, 15) is 9.59 Å². The molecule has 3 amide bonds. The third kappa shape index (κ3) is 1.66. The molecule has 2 aliphatic rings. The van der Waals surface area contributed by atoms with E-state index in [-0.39, 0.29) is 18.7 Å². The maximum Gasteiger partial charge on any atom is 0.345 e. The first-order valence-electron chi connectivity index (χ1n) is 5.85. The highest BCUT2D eigenvalue weighted by atomic mass is 32.1. The molecular weight excluding hydrogens is 266 g/mol. The van der Waals surface area contributed by atoms with Crippen LogP contribution in [0.5, 0.6) is 0 Å². The summed E-state index contributed by atoms with van der Waals surface area (Å²) in [6.45, 7) is 4.23. The SMILES string of the molecule is C=CCON1C(=O)N2CC1c1ccsc1C2C(N)=O. The quantitative estimate of drug-likeness (QED) is 0.841. The van der Waals surface area contributed by atoms with E-state index in [1.54, 1.807) is 6.08 Å². The van der Waals surface area contributed by atoms with E-state index in [0.29, 0.717) is 6.54 Å². The van der Waals surface area contributed by atoms with Crippen molar-refractivity contribution >= 4 is 23.3 Å². The lowest BCUT2D eigenvalue weighted by molar-refractivity contribution is -0.122. The standard InChI is InChI=1S/C12H13N3O3S/c1-2-4-18-15-8-6-14(12(15)17)9(11(13)16)10-7(8)3-5-19-10/h2-3,5,8-9H,1,4,6H2,(H2,13,16). The summed E-state index contributed by atoms with van der Waals surface area (Å²) in [6.07, 6.45) is 1.57. The van der Waals surface area contributed by atoms with Crippen molar-refractivity contribution in [2.75, 3.05) is 13.2 Å². The lowest BCUT2D eigenvalue weighted by Crippen LogP contribution is -2.40. The van der Waals surface area contributed by atoms with Crippen molar-refractivity contribution in [1.29, 1.82) is 0 Å². The van der Waals surface area contributed by atoms with Crippen LogP contribution < -0.4 is 5.73 Å². The second-order valence-electron chi connectivity index (χ2n) is 4.41. The van der Waals surface area contributed by atoms with Gasteiger partial charge in [0, 0.05) is 4.88 Å². The first-order chi connectivity index (χ1) is 9.15. The molecule has 3 heterocycles. The van der Waals surface area contributed by atoms with E-state index >= 15 is 0 Å². The summed E-state index contributed by atoms with van der Waals surface area (Å²) in [4.78, 5) is 31.6. The normalized spacial score (nSPS) is 24.5. The van der Waals surface area contributed by atoms with Crippen molar-refractivity contribution in [3.05, 3.63) is 34.5 Å². The van der Waals surface area contributed by atoms with Crippen LogP contribution in [0, 0.1) is 0 Å². The minimum Gasteiger partial charge on any atom is -0.368 e. The van der Waals surface area contributed by atoms with Crippen LogP contribution in [0.25, 0.3) is 0 Å². The van der Waals surface area contributed by atoms with E-state index in [1.807, 2.05) is 11.4 Å². The van der Waals surface area contributed by atoms with Gasteiger partial charge < -0.3 is 10.6 Å². The summed E-state index contributed by atoms with van der Waals surface area (Å²) in [5.74, 6) is -0.513. The van der Waals surface area contributed by atoms with E-state index in [1.165, 1.54) is 21.3 Å². The van der Waals surface area contributed by atoms with Gasteiger partial charge >= 0.3 is 6.03 Å². The number of hydrogen-bond donors (Lipinski definition) is 1. The molecule has 2 bridgehead atoms. The van der Waals surface area contributed by atoms with E-state index in [2.05, 4.69) is 6.58 Å². The van der Waals surface area contributed by atoms with Gasteiger partial charge in [-0.2, -0.15) is 5.06 Å². The Morgan fingerprint density at radius 1 is 1.68 bits per heavy atom. The Morgan fingerprint density at radius 3 is 3.16 bits per heavy atom. The summed E-state index contributed by atoms with van der Waals surface area (Å²) >= 11 is 1.44. The molecular formula is C12H13N3O3S. The van der Waals surface area contributed by atoms with Crippen LogP contribution in [0.2, 0.25) is 0 Å². The van der Waals surface area contributed by atoms with Crippen molar-refractivity contribution in [3.63, 3.8) is 0 Å². The van der Waals surface area contributed by atoms with Crippen LogP contribution in [0.15, 0.2) is 24.1 Å². The van der Waals surface area contributed by atoms with E-state index < -0.39 is 11.9 Å². The summed E-state index contributed by atoms with van der Waals surface area (Å²) in [6, 6.07) is 0.736. The molecule has 1 aromatic rings. The summed E-state index contributed by atoms with van der Waals surface area (Å²) in [5, 5.41) is 3.22. The number of carbonyl (C=O) groups excluding carboxylic acids is 2. The average molecular weight is 279 g/mol. The molecule has 1 aromatic heterocycles. The number of urea groups is 1. The Labute approximate surface area is 114 Å². The predicted octanol–water partition coefficient (Wildman–Crippen LogP) is 1.18. The second kappa shape index (κ2) is 4.36. The van der Waals surface area contributed by atoms with E-state index in [0.717, 1.165) is 10.4 Å². The molecule has 2 N–H and O–H groups in total. The Kier molecular flexibility index (Phi) is 2.79. The van der Waals surface area contributed by atoms with Gasteiger partial charge in [0.1, 0.15) is 12.1 Å². The second-order valence-corrected chi connectivity index (χ2v) is 5.35. The fourth-order valence-electron chi connectivity index (χ4n) is 2.57. The Hall–Kier alpha value is -1.86. The number of primary amides is 1.